The number of hydrogen-bond acceptors (Lipinski definition) is 6. The molecule has 8 nitrogen and oxygen atoms in total. The van der Waals surface area contributed by atoms with Crippen LogP contribution in [-0.4, -0.2) is 22.5 Å². The van der Waals surface area contributed by atoms with Gasteiger partial charge in [0.25, 0.3) is 5.69 Å². The first kappa shape index (κ1) is 22.3. The molecule has 0 fully saturated rings. The number of nitro groups is 1. The van der Waals surface area contributed by atoms with E-state index in [1.807, 2.05) is 0 Å². The van der Waals surface area contributed by atoms with Gasteiger partial charge in [-0.15, -0.1) is 0 Å². The minimum absolute atomic E-state index is 0.0731. The average molecular weight is 457 g/mol. The molecule has 3 rings (SSSR count). The zero-order valence-electron chi connectivity index (χ0n) is 16.3. The molecular formula is C21H17ClN4O4S. The maximum Gasteiger partial charge on any atom is 0.273 e. The average Bonchev–Trinajstić information content (AvgIpc) is 2.75. The highest BCUT2D eigenvalue weighted by molar-refractivity contribution is 8.03. The molecule has 31 heavy (non-hydrogen) atoms. The van der Waals surface area contributed by atoms with Crippen molar-refractivity contribution in [1.29, 1.82) is 5.26 Å². The molecular weight excluding hydrogens is 440 g/mol. The summed E-state index contributed by atoms with van der Waals surface area (Å²) in [5.41, 5.74) is 1.61. The summed E-state index contributed by atoms with van der Waals surface area (Å²) in [6.07, 6.45) is -0.0916. The number of halogens is 1. The molecule has 1 atom stereocenters. The van der Waals surface area contributed by atoms with Gasteiger partial charge in [0.2, 0.25) is 11.8 Å². The van der Waals surface area contributed by atoms with E-state index in [0.717, 1.165) is 17.3 Å². The van der Waals surface area contributed by atoms with Crippen molar-refractivity contribution in [3.8, 4) is 6.07 Å². The summed E-state index contributed by atoms with van der Waals surface area (Å²) in [4.78, 5) is 35.5. The number of amides is 2. The van der Waals surface area contributed by atoms with E-state index in [4.69, 9.17) is 11.6 Å². The van der Waals surface area contributed by atoms with Crippen LogP contribution < -0.4 is 10.6 Å². The molecule has 1 aliphatic heterocycles. The van der Waals surface area contributed by atoms with Crippen LogP contribution in [0, 0.1) is 28.4 Å². The van der Waals surface area contributed by atoms with Gasteiger partial charge < -0.3 is 10.6 Å². The Bertz CT molecular complexity index is 1140. The molecule has 2 aromatic rings. The van der Waals surface area contributed by atoms with Crippen molar-refractivity contribution in [2.45, 2.75) is 19.3 Å². The van der Waals surface area contributed by atoms with Crippen LogP contribution in [0.2, 0.25) is 5.02 Å². The number of nitro benzene ring substituents is 1. The Morgan fingerprint density at radius 1 is 1.35 bits per heavy atom. The van der Waals surface area contributed by atoms with E-state index in [1.54, 1.807) is 31.2 Å². The molecule has 1 aliphatic rings. The van der Waals surface area contributed by atoms with Gasteiger partial charge in [0.15, 0.2) is 0 Å². The lowest BCUT2D eigenvalue weighted by Gasteiger charge is -2.24. The third-order valence-corrected chi connectivity index (χ3v) is 6.18. The Hall–Kier alpha value is -3.35. The number of thioether (sulfide) groups is 1. The first-order valence-electron chi connectivity index (χ1n) is 9.17. The normalized spacial score (nSPS) is 15.8. The lowest BCUT2D eigenvalue weighted by Crippen LogP contribution is -2.31. The third kappa shape index (κ3) is 5.05. The molecule has 0 aliphatic carbocycles. The maximum absolute atomic E-state index is 12.4. The fourth-order valence-corrected chi connectivity index (χ4v) is 4.27. The van der Waals surface area contributed by atoms with Gasteiger partial charge in [-0.3, -0.25) is 19.7 Å². The SMILES string of the molecule is Cc1c(Cl)cccc1NC(=O)CSC1=C(C#N)[C@H](c2ccccc2[N+](=O)[O-])CC(=O)N1. The highest BCUT2D eigenvalue weighted by Crippen LogP contribution is 2.39. The summed E-state index contributed by atoms with van der Waals surface area (Å²) in [7, 11) is 0. The molecule has 158 valence electrons. The van der Waals surface area contributed by atoms with E-state index in [2.05, 4.69) is 16.7 Å². The number of carbonyl (C=O) groups excluding carboxylic acids is 2. The first-order valence-corrected chi connectivity index (χ1v) is 10.5. The van der Waals surface area contributed by atoms with Gasteiger partial charge in [-0.05, 0) is 24.6 Å². The summed E-state index contributed by atoms with van der Waals surface area (Å²) < 4.78 is 0. The summed E-state index contributed by atoms with van der Waals surface area (Å²) in [5, 5.41) is 27.2. The van der Waals surface area contributed by atoms with E-state index in [0.29, 0.717) is 10.7 Å². The van der Waals surface area contributed by atoms with Crippen molar-refractivity contribution in [2.75, 3.05) is 11.1 Å². The predicted molar refractivity (Wildman–Crippen MR) is 119 cm³/mol. The summed E-state index contributed by atoms with van der Waals surface area (Å²) >= 11 is 7.06. The van der Waals surface area contributed by atoms with Crippen LogP contribution in [0.5, 0.6) is 0 Å². The highest BCUT2D eigenvalue weighted by atomic mass is 35.5. The molecule has 1 heterocycles. The molecule has 2 aromatic carbocycles. The van der Waals surface area contributed by atoms with Crippen LogP contribution in [0.4, 0.5) is 11.4 Å². The van der Waals surface area contributed by atoms with E-state index < -0.39 is 10.8 Å². The van der Waals surface area contributed by atoms with Gasteiger partial charge in [0.05, 0.1) is 27.3 Å². The van der Waals surface area contributed by atoms with Crippen LogP contribution in [-0.2, 0) is 9.59 Å². The van der Waals surface area contributed by atoms with Crippen molar-refractivity contribution in [1.82, 2.24) is 5.32 Å². The molecule has 0 bridgehead atoms. The molecule has 2 N–H and O–H groups in total. The van der Waals surface area contributed by atoms with Crippen molar-refractivity contribution >= 4 is 46.6 Å². The monoisotopic (exact) mass is 456 g/mol. The summed E-state index contributed by atoms with van der Waals surface area (Å²) in [6, 6.07) is 13.2. The number of benzene rings is 2. The van der Waals surface area contributed by atoms with Crippen molar-refractivity contribution in [2.24, 2.45) is 0 Å². The number of para-hydroxylation sites is 1. The minimum atomic E-state index is -0.763. The Balaban J connectivity index is 1.83. The lowest BCUT2D eigenvalue weighted by atomic mass is 9.86. The van der Waals surface area contributed by atoms with Crippen LogP contribution in [0.15, 0.2) is 53.1 Å². The smallest absolute Gasteiger partial charge is 0.273 e. The molecule has 10 heteroatoms. The summed E-state index contributed by atoms with van der Waals surface area (Å²) in [6.45, 7) is 1.78. The van der Waals surface area contributed by atoms with Gasteiger partial charge in [-0.1, -0.05) is 47.6 Å². The number of nitrogens with one attached hydrogen (secondary N) is 2. The molecule has 0 spiro atoms. The number of nitriles is 1. The highest BCUT2D eigenvalue weighted by Gasteiger charge is 2.33. The van der Waals surface area contributed by atoms with E-state index >= 15 is 0 Å². The van der Waals surface area contributed by atoms with Crippen LogP contribution in [0.3, 0.4) is 0 Å². The van der Waals surface area contributed by atoms with Gasteiger partial charge in [0.1, 0.15) is 0 Å². The maximum atomic E-state index is 12.4. The largest absolute Gasteiger partial charge is 0.325 e. The molecule has 0 radical (unpaired) electrons. The van der Waals surface area contributed by atoms with Crippen molar-refractivity contribution in [3.63, 3.8) is 0 Å². The Morgan fingerprint density at radius 2 is 2.10 bits per heavy atom. The lowest BCUT2D eigenvalue weighted by molar-refractivity contribution is -0.385. The molecule has 0 unspecified atom stereocenters. The van der Waals surface area contributed by atoms with E-state index in [-0.39, 0.29) is 45.8 Å². The number of nitrogens with zero attached hydrogens (tertiary/aromatic N) is 2. The second-order valence-electron chi connectivity index (χ2n) is 6.72. The molecule has 0 saturated heterocycles. The number of anilines is 1. The molecule has 0 saturated carbocycles. The first-order chi connectivity index (χ1) is 14.8. The Morgan fingerprint density at radius 3 is 2.81 bits per heavy atom. The molecule has 2 amide bonds. The number of carbonyl (C=O) groups is 2. The fraction of sp³-hybridized carbons (Fsp3) is 0.190. The second kappa shape index (κ2) is 9.64. The van der Waals surface area contributed by atoms with Crippen LogP contribution in [0.1, 0.15) is 23.5 Å². The van der Waals surface area contributed by atoms with Gasteiger partial charge in [-0.2, -0.15) is 5.26 Å². The zero-order chi connectivity index (χ0) is 22.5. The number of hydrogen-bond donors (Lipinski definition) is 2. The fourth-order valence-electron chi connectivity index (χ4n) is 3.21. The summed E-state index contributed by atoms with van der Waals surface area (Å²) in [5.74, 6) is -1.56. The van der Waals surface area contributed by atoms with E-state index in [9.17, 15) is 25.0 Å². The second-order valence-corrected chi connectivity index (χ2v) is 8.12. The van der Waals surface area contributed by atoms with Crippen molar-refractivity contribution < 1.29 is 14.5 Å². The predicted octanol–water partition coefficient (Wildman–Crippen LogP) is 4.27. The van der Waals surface area contributed by atoms with Crippen LogP contribution in [0.25, 0.3) is 0 Å². The number of allylic oxidation sites excluding steroid dienone is 1. The zero-order valence-corrected chi connectivity index (χ0v) is 17.9. The van der Waals surface area contributed by atoms with E-state index in [1.165, 1.54) is 18.2 Å². The Kier molecular flexibility index (Phi) is 6.95. The Labute approximate surface area is 187 Å². The number of rotatable bonds is 6. The third-order valence-electron chi connectivity index (χ3n) is 4.75. The van der Waals surface area contributed by atoms with Gasteiger partial charge in [-0.25, -0.2) is 0 Å². The topological polar surface area (TPSA) is 125 Å². The standard InChI is InChI=1S/C21H17ClN4O4S/c1-12-16(22)6-4-7-17(12)24-20(28)11-31-21-15(10-23)14(9-19(27)25-21)13-5-2-3-8-18(13)26(29)30/h2-8,14H,9,11H2,1H3,(H,24,28)(H,25,27)/t14-/m0/s1. The van der Waals surface area contributed by atoms with Gasteiger partial charge in [0, 0.05) is 34.7 Å². The minimum Gasteiger partial charge on any atom is -0.325 e. The molecule has 0 aromatic heterocycles. The van der Waals surface area contributed by atoms with Gasteiger partial charge >= 0.3 is 0 Å². The van der Waals surface area contributed by atoms with Crippen LogP contribution >= 0.6 is 23.4 Å². The van der Waals surface area contributed by atoms with Crippen molar-refractivity contribution in [3.05, 3.63) is 79.3 Å². The quantitative estimate of drug-likeness (QED) is 0.494.